The highest BCUT2D eigenvalue weighted by Gasteiger charge is 2.15. The van der Waals surface area contributed by atoms with Gasteiger partial charge in [0.05, 0.1) is 12.6 Å². The molecule has 26 heavy (non-hydrogen) atoms. The van der Waals surface area contributed by atoms with E-state index >= 15 is 0 Å². The zero-order chi connectivity index (χ0) is 18.5. The molecule has 1 atom stereocenters. The third-order valence-electron chi connectivity index (χ3n) is 4.18. The van der Waals surface area contributed by atoms with Crippen LogP contribution in [0.5, 0.6) is 0 Å². The van der Waals surface area contributed by atoms with E-state index in [1.165, 1.54) is 4.57 Å². The number of carbonyl (C=O) groups excluding carboxylic acids is 1. The van der Waals surface area contributed by atoms with Gasteiger partial charge in [0.1, 0.15) is 5.56 Å². The van der Waals surface area contributed by atoms with Crippen LogP contribution in [0.25, 0.3) is 0 Å². The topological polar surface area (TPSA) is 51.1 Å². The van der Waals surface area contributed by atoms with E-state index in [0.29, 0.717) is 11.6 Å². The van der Waals surface area contributed by atoms with Gasteiger partial charge in [0.25, 0.3) is 11.5 Å². The highest BCUT2D eigenvalue weighted by Crippen LogP contribution is 2.12. The molecule has 0 aliphatic heterocycles. The number of amides is 1. The lowest BCUT2D eigenvalue weighted by Crippen LogP contribution is -2.34. The fourth-order valence-corrected chi connectivity index (χ4v) is 2.85. The van der Waals surface area contributed by atoms with Crippen LogP contribution in [0.2, 0.25) is 5.02 Å². The van der Waals surface area contributed by atoms with Crippen LogP contribution in [0.3, 0.4) is 0 Å². The van der Waals surface area contributed by atoms with Gasteiger partial charge < -0.3 is 9.88 Å². The maximum absolute atomic E-state index is 12.7. The number of hydrogen-bond donors (Lipinski definition) is 1. The first kappa shape index (κ1) is 18.0. The van der Waals surface area contributed by atoms with E-state index in [9.17, 15) is 9.59 Å². The van der Waals surface area contributed by atoms with Crippen molar-refractivity contribution in [2.75, 3.05) is 0 Å². The fourth-order valence-electron chi connectivity index (χ4n) is 2.72. The number of pyridine rings is 1. The molecule has 0 fully saturated rings. The molecule has 0 bridgehead atoms. The van der Waals surface area contributed by atoms with E-state index in [-0.39, 0.29) is 23.1 Å². The molecule has 0 radical (unpaired) electrons. The average Bonchev–Trinajstić information content (AvgIpc) is 2.66. The molecule has 0 aliphatic rings. The van der Waals surface area contributed by atoms with Crippen molar-refractivity contribution in [2.45, 2.75) is 19.5 Å². The van der Waals surface area contributed by atoms with E-state index in [0.717, 1.165) is 11.1 Å². The first-order valence-corrected chi connectivity index (χ1v) is 8.72. The lowest BCUT2D eigenvalue weighted by Gasteiger charge is -2.15. The minimum absolute atomic E-state index is 0.129. The van der Waals surface area contributed by atoms with Gasteiger partial charge in [-0.1, -0.05) is 54.1 Å². The zero-order valence-corrected chi connectivity index (χ0v) is 15.1. The number of benzene rings is 2. The zero-order valence-electron chi connectivity index (χ0n) is 14.4. The molecule has 1 heterocycles. The molecule has 132 valence electrons. The Labute approximate surface area is 157 Å². The van der Waals surface area contributed by atoms with Crippen LogP contribution in [-0.4, -0.2) is 10.5 Å². The second-order valence-electron chi connectivity index (χ2n) is 6.09. The standard InChI is InChI=1S/C21H19ClN2O2/c1-15(17-6-3-2-4-7-17)23-20(25)19-8-5-13-24(21(19)26)14-16-9-11-18(22)12-10-16/h2-13,15H,14H2,1H3,(H,23,25)/t15-/m0/s1. The third-order valence-corrected chi connectivity index (χ3v) is 4.43. The van der Waals surface area contributed by atoms with Crippen molar-refractivity contribution >= 4 is 17.5 Å². The van der Waals surface area contributed by atoms with Crippen molar-refractivity contribution in [3.05, 3.63) is 105 Å². The van der Waals surface area contributed by atoms with Gasteiger partial charge in [0.2, 0.25) is 0 Å². The molecular weight excluding hydrogens is 348 g/mol. The van der Waals surface area contributed by atoms with Gasteiger partial charge in [-0.25, -0.2) is 0 Å². The number of hydrogen-bond acceptors (Lipinski definition) is 2. The molecule has 4 nitrogen and oxygen atoms in total. The lowest BCUT2D eigenvalue weighted by atomic mass is 10.1. The van der Waals surface area contributed by atoms with Crippen LogP contribution in [0.15, 0.2) is 77.7 Å². The molecule has 1 amide bonds. The van der Waals surface area contributed by atoms with E-state index in [1.807, 2.05) is 49.4 Å². The Balaban J connectivity index is 1.79. The van der Waals surface area contributed by atoms with Crippen LogP contribution >= 0.6 is 11.6 Å². The van der Waals surface area contributed by atoms with Crippen LogP contribution < -0.4 is 10.9 Å². The predicted molar refractivity (Wildman–Crippen MR) is 104 cm³/mol. The van der Waals surface area contributed by atoms with Gasteiger partial charge in [0.15, 0.2) is 0 Å². The van der Waals surface area contributed by atoms with Gasteiger partial charge in [-0.05, 0) is 42.3 Å². The number of carbonyl (C=O) groups is 1. The van der Waals surface area contributed by atoms with Crippen LogP contribution in [-0.2, 0) is 6.54 Å². The molecule has 1 aromatic heterocycles. The minimum atomic E-state index is -0.378. The normalized spacial score (nSPS) is 11.8. The summed E-state index contributed by atoms with van der Waals surface area (Å²) in [6.45, 7) is 2.27. The molecule has 0 aliphatic carbocycles. The minimum Gasteiger partial charge on any atom is -0.345 e. The summed E-state index contributed by atoms with van der Waals surface area (Å²) in [6, 6.07) is 20.0. The molecule has 2 aromatic carbocycles. The molecule has 0 unspecified atom stereocenters. The van der Waals surface area contributed by atoms with Crippen molar-refractivity contribution in [2.24, 2.45) is 0 Å². The molecule has 1 N–H and O–H groups in total. The van der Waals surface area contributed by atoms with Gasteiger partial charge in [0, 0.05) is 11.2 Å². The van der Waals surface area contributed by atoms with Crippen molar-refractivity contribution in [3.8, 4) is 0 Å². The van der Waals surface area contributed by atoms with Gasteiger partial charge in [-0.15, -0.1) is 0 Å². The molecular formula is C21H19ClN2O2. The monoisotopic (exact) mass is 366 g/mol. The number of rotatable bonds is 5. The summed E-state index contributed by atoms with van der Waals surface area (Å²) in [5.74, 6) is -0.378. The van der Waals surface area contributed by atoms with Gasteiger partial charge in [-0.2, -0.15) is 0 Å². The smallest absolute Gasteiger partial charge is 0.263 e. The van der Waals surface area contributed by atoms with E-state index in [4.69, 9.17) is 11.6 Å². The summed E-state index contributed by atoms with van der Waals surface area (Å²) in [6.07, 6.45) is 1.67. The average molecular weight is 367 g/mol. The Morgan fingerprint density at radius 2 is 1.73 bits per heavy atom. The van der Waals surface area contributed by atoms with Crippen LogP contribution in [0.4, 0.5) is 0 Å². The molecule has 3 rings (SSSR count). The highest BCUT2D eigenvalue weighted by atomic mass is 35.5. The van der Waals surface area contributed by atoms with Crippen molar-refractivity contribution in [1.82, 2.24) is 9.88 Å². The SMILES string of the molecule is C[C@H](NC(=O)c1cccn(Cc2ccc(Cl)cc2)c1=O)c1ccccc1. The molecule has 0 saturated carbocycles. The highest BCUT2D eigenvalue weighted by molar-refractivity contribution is 6.30. The van der Waals surface area contributed by atoms with Crippen molar-refractivity contribution in [3.63, 3.8) is 0 Å². The second-order valence-corrected chi connectivity index (χ2v) is 6.52. The summed E-state index contributed by atoms with van der Waals surface area (Å²) in [5.41, 5.74) is 1.73. The number of halogens is 1. The molecule has 5 heteroatoms. The Morgan fingerprint density at radius 3 is 2.42 bits per heavy atom. The lowest BCUT2D eigenvalue weighted by molar-refractivity contribution is 0.0937. The first-order valence-electron chi connectivity index (χ1n) is 8.34. The van der Waals surface area contributed by atoms with Gasteiger partial charge in [-0.3, -0.25) is 9.59 Å². The molecule has 0 spiro atoms. The number of nitrogens with one attached hydrogen (secondary N) is 1. The Morgan fingerprint density at radius 1 is 1.04 bits per heavy atom. The summed E-state index contributed by atoms with van der Waals surface area (Å²) in [5, 5.41) is 3.52. The summed E-state index contributed by atoms with van der Waals surface area (Å²) in [7, 11) is 0. The maximum atomic E-state index is 12.7. The number of aromatic nitrogens is 1. The van der Waals surface area contributed by atoms with Crippen LogP contribution in [0, 0.1) is 0 Å². The predicted octanol–water partition coefficient (Wildman–Crippen LogP) is 4.04. The first-order chi connectivity index (χ1) is 12.5. The summed E-state index contributed by atoms with van der Waals surface area (Å²) in [4.78, 5) is 25.2. The molecule has 0 saturated heterocycles. The largest absolute Gasteiger partial charge is 0.345 e. The fraction of sp³-hybridized carbons (Fsp3) is 0.143. The van der Waals surface area contributed by atoms with E-state index < -0.39 is 0 Å². The van der Waals surface area contributed by atoms with Gasteiger partial charge >= 0.3 is 0 Å². The van der Waals surface area contributed by atoms with Crippen molar-refractivity contribution < 1.29 is 4.79 Å². The number of nitrogens with zero attached hydrogens (tertiary/aromatic N) is 1. The van der Waals surface area contributed by atoms with E-state index in [2.05, 4.69) is 5.32 Å². The summed E-state index contributed by atoms with van der Waals surface area (Å²) >= 11 is 5.89. The van der Waals surface area contributed by atoms with Crippen LogP contribution in [0.1, 0.15) is 34.5 Å². The molecule has 3 aromatic rings. The Bertz CT molecular complexity index is 950. The third kappa shape index (κ3) is 4.21. The van der Waals surface area contributed by atoms with Crippen molar-refractivity contribution in [1.29, 1.82) is 0 Å². The second kappa shape index (κ2) is 8.02. The maximum Gasteiger partial charge on any atom is 0.263 e. The Kier molecular flexibility index (Phi) is 5.54. The summed E-state index contributed by atoms with van der Waals surface area (Å²) < 4.78 is 1.52. The quantitative estimate of drug-likeness (QED) is 0.740. The Hall–Kier alpha value is -2.85. The van der Waals surface area contributed by atoms with E-state index in [1.54, 1.807) is 30.5 Å².